The molecule has 1 aliphatic rings. The van der Waals surface area contributed by atoms with E-state index in [9.17, 15) is 8.42 Å². The summed E-state index contributed by atoms with van der Waals surface area (Å²) >= 11 is 0. The number of aryl methyl sites for hydroxylation is 2. The van der Waals surface area contributed by atoms with Crippen LogP contribution in [0.25, 0.3) is 0 Å². The van der Waals surface area contributed by atoms with Crippen LogP contribution in [0.4, 0.5) is 0 Å². The van der Waals surface area contributed by atoms with Gasteiger partial charge in [0.25, 0.3) is 0 Å². The summed E-state index contributed by atoms with van der Waals surface area (Å²) in [4.78, 5) is 0.438. The molecule has 5 nitrogen and oxygen atoms in total. The van der Waals surface area contributed by atoms with Gasteiger partial charge in [0.2, 0.25) is 0 Å². The van der Waals surface area contributed by atoms with Crippen molar-refractivity contribution in [2.24, 2.45) is 7.05 Å². The summed E-state index contributed by atoms with van der Waals surface area (Å²) in [6, 6.07) is 7.20. The largest absolute Gasteiger partial charge is 0.309 e. The van der Waals surface area contributed by atoms with E-state index in [4.69, 9.17) is 0 Å². The second kappa shape index (κ2) is 7.07. The third-order valence-electron chi connectivity index (χ3n) is 4.78. The summed E-state index contributed by atoms with van der Waals surface area (Å²) in [5, 5.41) is 7.26. The lowest BCUT2D eigenvalue weighted by atomic mass is 9.95. The van der Waals surface area contributed by atoms with Crippen LogP contribution in [0.1, 0.15) is 36.8 Å². The van der Waals surface area contributed by atoms with Crippen molar-refractivity contribution in [3.8, 4) is 0 Å². The number of sulfone groups is 1. The molecule has 1 aromatic carbocycles. The van der Waals surface area contributed by atoms with Gasteiger partial charge in [-0.1, -0.05) is 30.5 Å². The van der Waals surface area contributed by atoms with E-state index in [1.165, 1.54) is 0 Å². The summed E-state index contributed by atoms with van der Waals surface area (Å²) < 4.78 is 27.9. The van der Waals surface area contributed by atoms with Crippen molar-refractivity contribution in [3.05, 3.63) is 47.8 Å². The first-order chi connectivity index (χ1) is 11.5. The zero-order valence-electron chi connectivity index (χ0n) is 14.3. The second-order valence-electron chi connectivity index (χ2n) is 6.69. The van der Waals surface area contributed by atoms with Crippen molar-refractivity contribution in [2.45, 2.75) is 55.3 Å². The van der Waals surface area contributed by atoms with Gasteiger partial charge in [-0.05, 0) is 31.9 Å². The molecule has 6 heteroatoms. The van der Waals surface area contributed by atoms with Gasteiger partial charge in [-0.3, -0.25) is 4.68 Å². The topological polar surface area (TPSA) is 64.0 Å². The molecule has 0 aliphatic heterocycles. The number of hydrogen-bond acceptors (Lipinski definition) is 4. The van der Waals surface area contributed by atoms with E-state index in [1.807, 2.05) is 38.5 Å². The van der Waals surface area contributed by atoms with E-state index in [-0.39, 0.29) is 11.3 Å². The molecule has 1 N–H and O–H groups in total. The van der Waals surface area contributed by atoms with Gasteiger partial charge in [-0.2, -0.15) is 5.10 Å². The molecule has 0 spiro atoms. The van der Waals surface area contributed by atoms with Crippen molar-refractivity contribution in [1.82, 2.24) is 15.1 Å². The Morgan fingerprint density at radius 1 is 1.21 bits per heavy atom. The normalized spacial score (nSPS) is 21.8. The monoisotopic (exact) mass is 347 g/mol. The first kappa shape index (κ1) is 17.2. The van der Waals surface area contributed by atoms with Gasteiger partial charge < -0.3 is 5.32 Å². The molecule has 1 heterocycles. The zero-order chi connectivity index (χ0) is 17.2. The van der Waals surface area contributed by atoms with Crippen molar-refractivity contribution in [3.63, 3.8) is 0 Å². The van der Waals surface area contributed by atoms with Crippen molar-refractivity contribution >= 4 is 9.84 Å². The minimum atomic E-state index is -3.31. The highest BCUT2D eigenvalue weighted by molar-refractivity contribution is 7.92. The molecule has 2 atom stereocenters. The third kappa shape index (κ3) is 3.70. The molecule has 2 aromatic rings. The minimum absolute atomic E-state index is 0.00902. The van der Waals surface area contributed by atoms with Crippen LogP contribution in [0.5, 0.6) is 0 Å². The van der Waals surface area contributed by atoms with Gasteiger partial charge in [-0.25, -0.2) is 8.42 Å². The van der Waals surface area contributed by atoms with E-state index >= 15 is 0 Å². The highest BCUT2D eigenvalue weighted by Crippen LogP contribution is 2.29. The molecular formula is C18H25N3O2S. The van der Waals surface area contributed by atoms with Gasteiger partial charge in [-0.15, -0.1) is 0 Å². The Balaban J connectivity index is 1.76. The summed E-state index contributed by atoms with van der Waals surface area (Å²) in [5.74, 6) is 0. The summed E-state index contributed by atoms with van der Waals surface area (Å²) in [6.45, 7) is 2.62. The van der Waals surface area contributed by atoms with Gasteiger partial charge >= 0.3 is 0 Å². The van der Waals surface area contributed by atoms with Crippen LogP contribution in [0.2, 0.25) is 0 Å². The fraction of sp³-hybridized carbons (Fsp3) is 0.500. The number of hydrogen-bond donors (Lipinski definition) is 1. The van der Waals surface area contributed by atoms with Gasteiger partial charge in [0.1, 0.15) is 0 Å². The fourth-order valence-corrected chi connectivity index (χ4v) is 5.42. The Morgan fingerprint density at radius 3 is 2.58 bits per heavy atom. The summed E-state index contributed by atoms with van der Waals surface area (Å²) in [5.41, 5.74) is 2.15. The Labute approximate surface area is 144 Å². The first-order valence-corrected chi connectivity index (χ1v) is 10.0. The molecule has 1 saturated carbocycles. The molecule has 0 amide bonds. The summed E-state index contributed by atoms with van der Waals surface area (Å²) in [7, 11) is -1.43. The smallest absolute Gasteiger partial charge is 0.182 e. The van der Waals surface area contributed by atoms with Gasteiger partial charge in [0.05, 0.1) is 16.3 Å². The van der Waals surface area contributed by atoms with Crippen molar-refractivity contribution < 1.29 is 8.42 Å². The van der Waals surface area contributed by atoms with Crippen LogP contribution in [-0.2, 0) is 23.4 Å². The summed E-state index contributed by atoms with van der Waals surface area (Å²) in [6.07, 6.45) is 7.45. The quantitative estimate of drug-likeness (QED) is 0.903. The minimum Gasteiger partial charge on any atom is -0.309 e. The number of aromatic nitrogens is 2. The first-order valence-electron chi connectivity index (χ1n) is 8.48. The van der Waals surface area contributed by atoms with Crippen LogP contribution < -0.4 is 5.32 Å². The molecule has 1 aromatic heterocycles. The predicted molar refractivity (Wildman–Crippen MR) is 94.5 cm³/mol. The van der Waals surface area contributed by atoms with Gasteiger partial charge in [0, 0.05) is 31.4 Å². The maximum Gasteiger partial charge on any atom is 0.182 e. The second-order valence-corrected chi connectivity index (χ2v) is 8.86. The molecule has 1 aliphatic carbocycles. The number of nitrogens with one attached hydrogen (secondary N) is 1. The Kier molecular flexibility index (Phi) is 5.06. The fourth-order valence-electron chi connectivity index (χ4n) is 3.42. The molecule has 2 unspecified atom stereocenters. The van der Waals surface area contributed by atoms with E-state index in [1.54, 1.807) is 16.8 Å². The SMILES string of the molecule is Cc1ccc(S(=O)(=O)C2CCCCC2NCc2cnn(C)c2)cc1. The number of nitrogens with zero attached hydrogens (tertiary/aromatic N) is 2. The zero-order valence-corrected chi connectivity index (χ0v) is 15.1. The van der Waals surface area contributed by atoms with E-state index < -0.39 is 9.84 Å². The molecule has 3 rings (SSSR count). The standard InChI is InChI=1S/C18H25N3O2S/c1-14-7-9-16(10-8-14)24(22,23)18-6-4-3-5-17(18)19-11-15-12-20-21(2)13-15/h7-10,12-13,17-19H,3-6,11H2,1-2H3. The Bertz CT molecular complexity index is 781. The van der Waals surface area contributed by atoms with Crippen molar-refractivity contribution in [1.29, 1.82) is 0 Å². The van der Waals surface area contributed by atoms with Crippen LogP contribution in [-0.4, -0.2) is 29.5 Å². The Hall–Kier alpha value is -1.66. The highest BCUT2D eigenvalue weighted by atomic mass is 32.2. The number of rotatable bonds is 5. The van der Waals surface area contributed by atoms with E-state index in [0.717, 1.165) is 36.8 Å². The van der Waals surface area contributed by atoms with Crippen molar-refractivity contribution in [2.75, 3.05) is 0 Å². The lowest BCUT2D eigenvalue weighted by Crippen LogP contribution is -2.46. The average molecular weight is 347 g/mol. The molecular weight excluding hydrogens is 322 g/mol. The molecule has 0 bridgehead atoms. The third-order valence-corrected chi connectivity index (χ3v) is 7.07. The van der Waals surface area contributed by atoms with Crippen LogP contribution >= 0.6 is 0 Å². The average Bonchev–Trinajstić information content (AvgIpc) is 2.99. The van der Waals surface area contributed by atoms with Gasteiger partial charge in [0.15, 0.2) is 9.84 Å². The molecule has 1 fully saturated rings. The number of benzene rings is 1. The maximum atomic E-state index is 13.1. The van der Waals surface area contributed by atoms with Crippen LogP contribution in [0, 0.1) is 6.92 Å². The van der Waals surface area contributed by atoms with E-state index in [0.29, 0.717) is 11.4 Å². The Morgan fingerprint density at radius 2 is 1.92 bits per heavy atom. The maximum absolute atomic E-state index is 13.1. The predicted octanol–water partition coefficient (Wildman–Crippen LogP) is 2.60. The molecule has 130 valence electrons. The van der Waals surface area contributed by atoms with Crippen LogP contribution in [0.3, 0.4) is 0 Å². The molecule has 24 heavy (non-hydrogen) atoms. The lowest BCUT2D eigenvalue weighted by Gasteiger charge is -2.32. The van der Waals surface area contributed by atoms with E-state index in [2.05, 4.69) is 10.4 Å². The molecule has 0 saturated heterocycles. The highest BCUT2D eigenvalue weighted by Gasteiger charge is 2.36. The molecule has 0 radical (unpaired) electrons. The van der Waals surface area contributed by atoms with Crippen LogP contribution in [0.15, 0.2) is 41.6 Å². The lowest BCUT2D eigenvalue weighted by molar-refractivity contribution is 0.369.